The van der Waals surface area contributed by atoms with Gasteiger partial charge in [0.25, 0.3) is 15.7 Å². The first-order valence-corrected chi connectivity index (χ1v) is 8.73. The van der Waals surface area contributed by atoms with Gasteiger partial charge in [0.2, 0.25) is 0 Å². The molecular formula is C17H14N2O5S. The summed E-state index contributed by atoms with van der Waals surface area (Å²) in [6, 6.07) is 15.8. The molecule has 0 aliphatic heterocycles. The highest BCUT2D eigenvalue weighted by atomic mass is 32.2. The number of rotatable bonds is 5. The van der Waals surface area contributed by atoms with Crippen LogP contribution >= 0.6 is 0 Å². The monoisotopic (exact) mass is 358 g/mol. The van der Waals surface area contributed by atoms with E-state index in [9.17, 15) is 18.5 Å². The van der Waals surface area contributed by atoms with E-state index in [1.54, 1.807) is 12.1 Å². The van der Waals surface area contributed by atoms with E-state index >= 15 is 0 Å². The third-order valence-electron chi connectivity index (χ3n) is 3.67. The molecule has 0 saturated heterocycles. The van der Waals surface area contributed by atoms with Crippen LogP contribution in [-0.2, 0) is 10.0 Å². The van der Waals surface area contributed by atoms with Gasteiger partial charge >= 0.3 is 0 Å². The van der Waals surface area contributed by atoms with E-state index in [4.69, 9.17) is 4.74 Å². The van der Waals surface area contributed by atoms with Gasteiger partial charge in [0, 0.05) is 12.1 Å². The van der Waals surface area contributed by atoms with Crippen molar-refractivity contribution in [3.8, 4) is 5.75 Å². The molecule has 1 N–H and O–H groups in total. The summed E-state index contributed by atoms with van der Waals surface area (Å²) in [5, 5.41) is 12.6. The Balaban J connectivity index is 2.03. The first-order chi connectivity index (χ1) is 11.9. The molecule has 25 heavy (non-hydrogen) atoms. The minimum absolute atomic E-state index is 0.00450. The van der Waals surface area contributed by atoms with E-state index < -0.39 is 14.9 Å². The highest BCUT2D eigenvalue weighted by Crippen LogP contribution is 2.31. The van der Waals surface area contributed by atoms with Crippen LogP contribution in [0.2, 0.25) is 0 Å². The molecule has 3 aromatic rings. The van der Waals surface area contributed by atoms with Crippen molar-refractivity contribution < 1.29 is 18.1 Å². The minimum atomic E-state index is -3.93. The predicted molar refractivity (Wildman–Crippen MR) is 94.4 cm³/mol. The number of hydrogen-bond acceptors (Lipinski definition) is 5. The van der Waals surface area contributed by atoms with E-state index in [-0.39, 0.29) is 22.0 Å². The fourth-order valence-corrected chi connectivity index (χ4v) is 3.52. The second-order valence-corrected chi connectivity index (χ2v) is 6.94. The topological polar surface area (TPSA) is 98.5 Å². The summed E-state index contributed by atoms with van der Waals surface area (Å²) in [6.45, 7) is 0. The Morgan fingerprint density at radius 3 is 2.40 bits per heavy atom. The van der Waals surface area contributed by atoms with Gasteiger partial charge in [0.1, 0.15) is 5.75 Å². The molecule has 0 heterocycles. The second-order valence-electron chi connectivity index (χ2n) is 5.26. The van der Waals surface area contributed by atoms with Gasteiger partial charge < -0.3 is 4.74 Å². The molecule has 0 bridgehead atoms. The van der Waals surface area contributed by atoms with Crippen molar-refractivity contribution in [2.24, 2.45) is 0 Å². The van der Waals surface area contributed by atoms with Crippen LogP contribution in [0.5, 0.6) is 5.75 Å². The summed E-state index contributed by atoms with van der Waals surface area (Å²) in [6.07, 6.45) is 0. The smallest absolute Gasteiger partial charge is 0.271 e. The number of anilines is 1. The van der Waals surface area contributed by atoms with Crippen molar-refractivity contribution in [3.63, 3.8) is 0 Å². The van der Waals surface area contributed by atoms with Gasteiger partial charge in [0.05, 0.1) is 22.6 Å². The van der Waals surface area contributed by atoms with Crippen LogP contribution in [0, 0.1) is 10.1 Å². The zero-order valence-corrected chi connectivity index (χ0v) is 14.0. The van der Waals surface area contributed by atoms with Gasteiger partial charge in [-0.05, 0) is 29.0 Å². The number of non-ortho nitro benzene ring substituents is 1. The molecule has 0 fully saturated rings. The maximum Gasteiger partial charge on any atom is 0.271 e. The molecule has 0 aliphatic carbocycles. The van der Waals surface area contributed by atoms with E-state index in [1.165, 1.54) is 25.3 Å². The SMILES string of the molecule is COc1ccc([N+](=O)[O-])cc1NS(=O)(=O)c1ccc2ccccc2c1. The van der Waals surface area contributed by atoms with Gasteiger partial charge in [-0.2, -0.15) is 0 Å². The maximum atomic E-state index is 12.7. The molecule has 0 saturated carbocycles. The summed E-state index contributed by atoms with van der Waals surface area (Å²) < 4.78 is 32.8. The minimum Gasteiger partial charge on any atom is -0.495 e. The van der Waals surface area contributed by atoms with Crippen LogP contribution in [0.3, 0.4) is 0 Å². The van der Waals surface area contributed by atoms with E-state index in [2.05, 4.69) is 4.72 Å². The number of nitrogens with zero attached hydrogens (tertiary/aromatic N) is 1. The van der Waals surface area contributed by atoms with Crippen molar-refractivity contribution in [2.45, 2.75) is 4.90 Å². The lowest BCUT2D eigenvalue weighted by atomic mass is 10.1. The Morgan fingerprint density at radius 2 is 1.72 bits per heavy atom. The number of fused-ring (bicyclic) bond motifs is 1. The Morgan fingerprint density at radius 1 is 1.00 bits per heavy atom. The molecule has 0 aromatic heterocycles. The number of ether oxygens (including phenoxy) is 1. The number of nitrogens with one attached hydrogen (secondary N) is 1. The fraction of sp³-hybridized carbons (Fsp3) is 0.0588. The van der Waals surface area contributed by atoms with Crippen molar-refractivity contribution in [1.29, 1.82) is 0 Å². The van der Waals surface area contributed by atoms with Crippen LogP contribution in [-0.4, -0.2) is 20.5 Å². The molecule has 0 spiro atoms. The summed E-state index contributed by atoms with van der Waals surface area (Å²) in [5.41, 5.74) is -0.234. The molecular weight excluding hydrogens is 344 g/mol. The third kappa shape index (κ3) is 3.38. The molecule has 0 unspecified atom stereocenters. The number of hydrogen-bond donors (Lipinski definition) is 1. The Hall–Kier alpha value is -3.13. The van der Waals surface area contributed by atoms with Crippen LogP contribution in [0.25, 0.3) is 10.8 Å². The molecule has 0 aliphatic rings. The zero-order chi connectivity index (χ0) is 18.0. The van der Waals surface area contributed by atoms with Crippen LogP contribution in [0.4, 0.5) is 11.4 Å². The van der Waals surface area contributed by atoms with Crippen molar-refractivity contribution in [2.75, 3.05) is 11.8 Å². The first kappa shape index (κ1) is 16.7. The lowest BCUT2D eigenvalue weighted by molar-refractivity contribution is -0.384. The molecule has 3 rings (SSSR count). The normalized spacial score (nSPS) is 11.2. The molecule has 8 heteroatoms. The lowest BCUT2D eigenvalue weighted by Crippen LogP contribution is -2.13. The average molecular weight is 358 g/mol. The van der Waals surface area contributed by atoms with Crippen LogP contribution < -0.4 is 9.46 Å². The largest absolute Gasteiger partial charge is 0.495 e. The number of benzene rings is 3. The third-order valence-corrected chi connectivity index (χ3v) is 5.03. The van der Waals surface area contributed by atoms with Gasteiger partial charge in [-0.1, -0.05) is 30.3 Å². The van der Waals surface area contributed by atoms with E-state index in [0.717, 1.165) is 16.8 Å². The molecule has 0 radical (unpaired) electrons. The second kappa shape index (κ2) is 6.40. The van der Waals surface area contributed by atoms with Crippen molar-refractivity contribution in [3.05, 3.63) is 70.8 Å². The number of nitro benzene ring substituents is 1. The average Bonchev–Trinajstić information content (AvgIpc) is 2.60. The molecule has 3 aromatic carbocycles. The van der Waals surface area contributed by atoms with Gasteiger partial charge in [-0.15, -0.1) is 0 Å². The van der Waals surface area contributed by atoms with Gasteiger partial charge in [-0.25, -0.2) is 8.42 Å². The van der Waals surface area contributed by atoms with E-state index in [1.807, 2.05) is 24.3 Å². The quantitative estimate of drug-likeness (QED) is 0.555. The van der Waals surface area contributed by atoms with E-state index in [0.29, 0.717) is 0 Å². The lowest BCUT2D eigenvalue weighted by Gasteiger charge is -2.12. The van der Waals surface area contributed by atoms with Gasteiger partial charge in [0.15, 0.2) is 0 Å². The summed E-state index contributed by atoms with van der Waals surface area (Å²) in [4.78, 5) is 10.4. The highest BCUT2D eigenvalue weighted by molar-refractivity contribution is 7.92. The van der Waals surface area contributed by atoms with Crippen molar-refractivity contribution in [1.82, 2.24) is 0 Å². The number of methoxy groups -OCH3 is 1. The Kier molecular flexibility index (Phi) is 4.28. The van der Waals surface area contributed by atoms with Crippen LogP contribution in [0.15, 0.2) is 65.6 Å². The number of nitro groups is 1. The Bertz CT molecular complexity index is 1060. The summed E-state index contributed by atoms with van der Waals surface area (Å²) in [5.74, 6) is 0.190. The summed E-state index contributed by atoms with van der Waals surface area (Å²) in [7, 11) is -2.58. The predicted octanol–water partition coefficient (Wildman–Crippen LogP) is 3.56. The molecule has 128 valence electrons. The standard InChI is InChI=1S/C17H14N2O5S/c1-24-17-9-7-14(19(20)21)11-16(17)18-25(22,23)15-8-6-12-4-2-3-5-13(12)10-15/h2-11,18H,1H3. The summed E-state index contributed by atoms with van der Waals surface area (Å²) >= 11 is 0. The zero-order valence-electron chi connectivity index (χ0n) is 13.2. The van der Waals surface area contributed by atoms with Gasteiger partial charge in [-0.3, -0.25) is 14.8 Å². The maximum absolute atomic E-state index is 12.7. The Labute approximate surface area is 144 Å². The highest BCUT2D eigenvalue weighted by Gasteiger charge is 2.19. The molecule has 0 amide bonds. The number of sulfonamides is 1. The molecule has 7 nitrogen and oxygen atoms in total. The van der Waals surface area contributed by atoms with Crippen LogP contribution in [0.1, 0.15) is 0 Å². The first-order valence-electron chi connectivity index (χ1n) is 7.25. The molecule has 0 atom stereocenters. The van der Waals surface area contributed by atoms with Crippen molar-refractivity contribution >= 4 is 32.2 Å². The fourth-order valence-electron chi connectivity index (χ4n) is 2.43.